The molecule has 0 radical (unpaired) electrons. The van der Waals surface area contributed by atoms with Crippen LogP contribution in [0.15, 0.2) is 35.3 Å². The fourth-order valence-electron chi connectivity index (χ4n) is 4.10. The summed E-state index contributed by atoms with van der Waals surface area (Å²) >= 11 is 0. The molecule has 1 atom stereocenters. The third-order valence-electron chi connectivity index (χ3n) is 6.05. The smallest absolute Gasteiger partial charge is 0.193 e. The summed E-state index contributed by atoms with van der Waals surface area (Å²) in [6.07, 6.45) is 6.38. The summed E-state index contributed by atoms with van der Waals surface area (Å²) < 4.78 is 12.0. The van der Waals surface area contributed by atoms with Crippen LogP contribution in [0.25, 0.3) is 0 Å². The van der Waals surface area contributed by atoms with E-state index in [0.29, 0.717) is 12.2 Å². The van der Waals surface area contributed by atoms with E-state index in [9.17, 15) is 0 Å². The molecule has 2 saturated heterocycles. The molecule has 1 N–H and O–H groups in total. The second kappa shape index (κ2) is 11.0. The highest BCUT2D eigenvalue weighted by atomic mass is 16.5. The Morgan fingerprint density at radius 2 is 1.93 bits per heavy atom. The molecule has 1 unspecified atom stereocenters. The summed E-state index contributed by atoms with van der Waals surface area (Å²) in [7, 11) is 0. The monoisotopic (exact) mass is 401 g/mol. The standard InChI is InChI=1S/C24H39N3O2/c1-4-25-23(26-19-24(2,3)20-10-6-5-7-11-20)27-15-13-21(14-16-27)29-18-22-12-8-9-17-28-22/h5-7,10-11,21-22H,4,8-9,12-19H2,1-3H3,(H,25,26). The van der Waals surface area contributed by atoms with Gasteiger partial charge in [-0.2, -0.15) is 0 Å². The predicted molar refractivity (Wildman–Crippen MR) is 120 cm³/mol. The minimum Gasteiger partial charge on any atom is -0.376 e. The zero-order valence-electron chi connectivity index (χ0n) is 18.5. The molecule has 0 aromatic heterocycles. The van der Waals surface area contributed by atoms with Gasteiger partial charge in [-0.3, -0.25) is 4.99 Å². The summed E-state index contributed by atoms with van der Waals surface area (Å²) in [4.78, 5) is 7.39. The summed E-state index contributed by atoms with van der Waals surface area (Å²) in [6.45, 7) is 12.0. The molecule has 5 heteroatoms. The Bertz CT molecular complexity index is 618. The highest BCUT2D eigenvalue weighted by Crippen LogP contribution is 2.23. The van der Waals surface area contributed by atoms with Gasteiger partial charge in [-0.15, -0.1) is 0 Å². The van der Waals surface area contributed by atoms with Crippen LogP contribution in [-0.2, 0) is 14.9 Å². The van der Waals surface area contributed by atoms with Crippen molar-refractivity contribution in [1.29, 1.82) is 0 Å². The highest BCUT2D eigenvalue weighted by Gasteiger charge is 2.25. The lowest BCUT2D eigenvalue weighted by Gasteiger charge is -2.35. The fourth-order valence-corrected chi connectivity index (χ4v) is 4.10. The molecule has 1 aromatic carbocycles. The van der Waals surface area contributed by atoms with Crippen molar-refractivity contribution in [1.82, 2.24) is 10.2 Å². The summed E-state index contributed by atoms with van der Waals surface area (Å²) in [6, 6.07) is 10.7. The average molecular weight is 402 g/mol. The molecular weight excluding hydrogens is 362 g/mol. The summed E-state index contributed by atoms with van der Waals surface area (Å²) in [5, 5.41) is 3.49. The van der Waals surface area contributed by atoms with E-state index < -0.39 is 0 Å². The number of piperidine rings is 1. The maximum absolute atomic E-state index is 6.17. The number of aliphatic imine (C=N–C) groups is 1. The van der Waals surface area contributed by atoms with Crippen molar-refractivity contribution in [2.75, 3.05) is 39.4 Å². The Morgan fingerprint density at radius 1 is 1.17 bits per heavy atom. The Balaban J connectivity index is 1.50. The van der Waals surface area contributed by atoms with Gasteiger partial charge >= 0.3 is 0 Å². The van der Waals surface area contributed by atoms with E-state index in [-0.39, 0.29) is 5.41 Å². The molecule has 0 saturated carbocycles. The van der Waals surface area contributed by atoms with Gasteiger partial charge in [0.05, 0.1) is 25.4 Å². The molecule has 1 aromatic rings. The van der Waals surface area contributed by atoms with Crippen LogP contribution in [0.2, 0.25) is 0 Å². The van der Waals surface area contributed by atoms with Crippen LogP contribution in [0.1, 0.15) is 58.4 Å². The van der Waals surface area contributed by atoms with E-state index in [0.717, 1.165) is 64.6 Å². The second-order valence-electron chi connectivity index (χ2n) is 8.93. The predicted octanol–water partition coefficient (Wildman–Crippen LogP) is 3.98. The molecule has 5 nitrogen and oxygen atoms in total. The normalized spacial score (nSPS) is 22.0. The van der Waals surface area contributed by atoms with Gasteiger partial charge in [-0.1, -0.05) is 44.2 Å². The maximum Gasteiger partial charge on any atom is 0.193 e. The van der Waals surface area contributed by atoms with E-state index >= 15 is 0 Å². The Kier molecular flexibility index (Phi) is 8.37. The van der Waals surface area contributed by atoms with E-state index in [1.807, 2.05) is 0 Å². The molecule has 0 aliphatic carbocycles. The zero-order valence-corrected chi connectivity index (χ0v) is 18.5. The van der Waals surface area contributed by atoms with Crippen LogP contribution < -0.4 is 5.32 Å². The molecular formula is C24H39N3O2. The second-order valence-corrected chi connectivity index (χ2v) is 8.93. The van der Waals surface area contributed by atoms with Gasteiger partial charge in [0, 0.05) is 31.7 Å². The molecule has 2 aliphatic rings. The average Bonchev–Trinajstić information content (AvgIpc) is 2.77. The minimum absolute atomic E-state index is 0.0172. The SMILES string of the molecule is CCNC(=NCC(C)(C)c1ccccc1)N1CCC(OCC2CCCCO2)CC1. The first-order valence-electron chi connectivity index (χ1n) is 11.4. The number of guanidine groups is 1. The first kappa shape index (κ1) is 22.1. The first-order valence-corrected chi connectivity index (χ1v) is 11.4. The van der Waals surface area contributed by atoms with E-state index in [2.05, 4.69) is 61.3 Å². The molecule has 0 amide bonds. The number of nitrogens with zero attached hydrogens (tertiary/aromatic N) is 2. The summed E-state index contributed by atoms with van der Waals surface area (Å²) in [5.41, 5.74) is 1.35. The molecule has 2 aliphatic heterocycles. The number of likely N-dealkylation sites (tertiary alicyclic amines) is 1. The molecule has 29 heavy (non-hydrogen) atoms. The van der Waals surface area contributed by atoms with Crippen molar-refractivity contribution in [2.45, 2.75) is 70.5 Å². The van der Waals surface area contributed by atoms with E-state index in [1.165, 1.54) is 18.4 Å². The lowest BCUT2D eigenvalue weighted by molar-refractivity contribution is -0.0721. The molecule has 3 rings (SSSR count). The van der Waals surface area contributed by atoms with Crippen molar-refractivity contribution < 1.29 is 9.47 Å². The Morgan fingerprint density at radius 3 is 2.59 bits per heavy atom. The number of rotatable bonds is 7. The van der Waals surface area contributed by atoms with Crippen molar-refractivity contribution in [3.63, 3.8) is 0 Å². The van der Waals surface area contributed by atoms with Crippen molar-refractivity contribution in [3.8, 4) is 0 Å². The highest BCUT2D eigenvalue weighted by molar-refractivity contribution is 5.80. The van der Waals surface area contributed by atoms with E-state index in [1.54, 1.807) is 0 Å². The molecule has 2 heterocycles. The number of nitrogens with one attached hydrogen (secondary N) is 1. The van der Waals surface area contributed by atoms with Crippen LogP contribution in [-0.4, -0.2) is 62.5 Å². The number of hydrogen-bond acceptors (Lipinski definition) is 3. The van der Waals surface area contributed by atoms with Gasteiger partial charge < -0.3 is 19.7 Å². The summed E-state index contributed by atoms with van der Waals surface area (Å²) in [5.74, 6) is 1.03. The molecule has 0 bridgehead atoms. The number of hydrogen-bond donors (Lipinski definition) is 1. The molecule has 162 valence electrons. The van der Waals surface area contributed by atoms with Crippen LogP contribution in [0, 0.1) is 0 Å². The topological polar surface area (TPSA) is 46.1 Å². The lowest BCUT2D eigenvalue weighted by atomic mass is 9.85. The fraction of sp³-hybridized carbons (Fsp3) is 0.708. The van der Waals surface area contributed by atoms with Crippen molar-refractivity contribution >= 4 is 5.96 Å². The third kappa shape index (κ3) is 6.71. The van der Waals surface area contributed by atoms with Gasteiger partial charge in [0.25, 0.3) is 0 Å². The van der Waals surface area contributed by atoms with Crippen molar-refractivity contribution in [3.05, 3.63) is 35.9 Å². The van der Waals surface area contributed by atoms with Gasteiger partial charge in [-0.05, 0) is 44.6 Å². The van der Waals surface area contributed by atoms with Crippen LogP contribution in [0.5, 0.6) is 0 Å². The van der Waals surface area contributed by atoms with Crippen molar-refractivity contribution in [2.24, 2.45) is 4.99 Å². The van der Waals surface area contributed by atoms with Gasteiger partial charge in [-0.25, -0.2) is 0 Å². The third-order valence-corrected chi connectivity index (χ3v) is 6.05. The lowest BCUT2D eigenvalue weighted by Crippen LogP contribution is -2.47. The van der Waals surface area contributed by atoms with E-state index in [4.69, 9.17) is 14.5 Å². The zero-order chi connectivity index (χ0) is 20.5. The molecule has 0 spiro atoms. The largest absolute Gasteiger partial charge is 0.376 e. The van der Waals surface area contributed by atoms with Gasteiger partial charge in [0.15, 0.2) is 5.96 Å². The van der Waals surface area contributed by atoms with Gasteiger partial charge in [0.2, 0.25) is 0 Å². The number of benzene rings is 1. The Labute approximate surface area is 176 Å². The number of ether oxygens (including phenoxy) is 2. The minimum atomic E-state index is 0.0172. The Hall–Kier alpha value is -1.59. The van der Waals surface area contributed by atoms with Crippen LogP contribution in [0.4, 0.5) is 0 Å². The van der Waals surface area contributed by atoms with Crippen LogP contribution >= 0.6 is 0 Å². The molecule has 2 fully saturated rings. The van der Waals surface area contributed by atoms with Gasteiger partial charge in [0.1, 0.15) is 0 Å². The maximum atomic E-state index is 6.17. The quantitative estimate of drug-likeness (QED) is 0.554. The van der Waals surface area contributed by atoms with Crippen LogP contribution in [0.3, 0.4) is 0 Å². The first-order chi connectivity index (χ1) is 14.1.